The van der Waals surface area contributed by atoms with Crippen LogP contribution in [-0.4, -0.2) is 21.9 Å². The predicted octanol–water partition coefficient (Wildman–Crippen LogP) is 6.06. The molecule has 0 aliphatic heterocycles. The molecule has 4 aromatic rings. The number of hydrogen-bond donors (Lipinski definition) is 0. The Hall–Kier alpha value is -2.57. The van der Waals surface area contributed by atoms with Gasteiger partial charge in [-0.15, -0.1) is 10.2 Å². The molecule has 29 heavy (non-hydrogen) atoms. The summed E-state index contributed by atoms with van der Waals surface area (Å²) >= 11 is 5.34. The molecule has 3 aromatic carbocycles. The number of aromatic nitrogens is 3. The molecule has 4 rings (SSSR count). The molecular formula is C23H20BrN3OS. The molecule has 0 saturated carbocycles. The SMILES string of the molecule is COc1ccc(CSc2nnc(-c3ccccc3Br)n2Cc2ccccc2)cc1. The molecule has 0 radical (unpaired) electrons. The van der Waals surface area contributed by atoms with Crippen LogP contribution in [0.2, 0.25) is 0 Å². The van der Waals surface area contributed by atoms with Gasteiger partial charge in [0.15, 0.2) is 11.0 Å². The lowest BCUT2D eigenvalue weighted by Crippen LogP contribution is -2.04. The van der Waals surface area contributed by atoms with Gasteiger partial charge in [-0.2, -0.15) is 0 Å². The summed E-state index contributed by atoms with van der Waals surface area (Å²) in [4.78, 5) is 0. The minimum Gasteiger partial charge on any atom is -0.497 e. The monoisotopic (exact) mass is 465 g/mol. The number of rotatable bonds is 7. The van der Waals surface area contributed by atoms with Gasteiger partial charge in [0.25, 0.3) is 0 Å². The van der Waals surface area contributed by atoms with Crippen molar-refractivity contribution in [3.8, 4) is 17.1 Å². The van der Waals surface area contributed by atoms with Crippen LogP contribution in [0.25, 0.3) is 11.4 Å². The summed E-state index contributed by atoms with van der Waals surface area (Å²) in [6.45, 7) is 0.718. The van der Waals surface area contributed by atoms with E-state index in [9.17, 15) is 0 Å². The molecule has 146 valence electrons. The quantitative estimate of drug-likeness (QED) is 0.311. The Balaban J connectivity index is 1.64. The lowest BCUT2D eigenvalue weighted by molar-refractivity contribution is 0.414. The highest BCUT2D eigenvalue weighted by Gasteiger charge is 2.16. The molecule has 0 aliphatic rings. The van der Waals surface area contributed by atoms with Crippen molar-refractivity contribution in [2.45, 2.75) is 17.5 Å². The van der Waals surface area contributed by atoms with Gasteiger partial charge in [0, 0.05) is 15.8 Å². The van der Waals surface area contributed by atoms with Crippen molar-refractivity contribution in [3.63, 3.8) is 0 Å². The van der Waals surface area contributed by atoms with Gasteiger partial charge >= 0.3 is 0 Å². The third-order valence-corrected chi connectivity index (χ3v) is 6.27. The normalized spacial score (nSPS) is 10.8. The van der Waals surface area contributed by atoms with Crippen molar-refractivity contribution in [2.75, 3.05) is 7.11 Å². The summed E-state index contributed by atoms with van der Waals surface area (Å²) in [7, 11) is 1.68. The zero-order chi connectivity index (χ0) is 20.1. The summed E-state index contributed by atoms with van der Waals surface area (Å²) in [5, 5.41) is 9.93. The number of methoxy groups -OCH3 is 1. The first-order valence-electron chi connectivity index (χ1n) is 9.22. The van der Waals surface area contributed by atoms with Crippen LogP contribution in [0.5, 0.6) is 5.75 Å². The summed E-state index contributed by atoms with van der Waals surface area (Å²) in [6.07, 6.45) is 0. The van der Waals surface area contributed by atoms with E-state index in [1.807, 2.05) is 36.4 Å². The average molecular weight is 466 g/mol. The lowest BCUT2D eigenvalue weighted by atomic mass is 10.2. The first-order valence-corrected chi connectivity index (χ1v) is 11.0. The first-order chi connectivity index (χ1) is 14.2. The third-order valence-electron chi connectivity index (χ3n) is 4.54. The van der Waals surface area contributed by atoms with Crippen LogP contribution >= 0.6 is 27.7 Å². The second-order valence-corrected chi connectivity index (χ2v) is 8.29. The molecule has 0 unspecified atom stereocenters. The summed E-state index contributed by atoms with van der Waals surface area (Å²) in [5.74, 6) is 2.54. The van der Waals surface area contributed by atoms with Crippen molar-refractivity contribution in [2.24, 2.45) is 0 Å². The fourth-order valence-corrected chi connectivity index (χ4v) is 4.37. The molecule has 1 aromatic heterocycles. The molecule has 0 spiro atoms. The number of hydrogen-bond acceptors (Lipinski definition) is 4. The van der Waals surface area contributed by atoms with E-state index in [-0.39, 0.29) is 0 Å². The maximum atomic E-state index is 5.24. The van der Waals surface area contributed by atoms with Crippen LogP contribution in [0.3, 0.4) is 0 Å². The van der Waals surface area contributed by atoms with Crippen molar-refractivity contribution >= 4 is 27.7 Å². The van der Waals surface area contributed by atoms with Crippen LogP contribution in [0.1, 0.15) is 11.1 Å². The van der Waals surface area contributed by atoms with E-state index in [2.05, 4.69) is 73.2 Å². The van der Waals surface area contributed by atoms with Crippen molar-refractivity contribution in [1.29, 1.82) is 0 Å². The Morgan fingerprint density at radius 1 is 0.862 bits per heavy atom. The number of thioether (sulfide) groups is 1. The summed E-state index contributed by atoms with van der Waals surface area (Å²) in [5.41, 5.74) is 3.46. The van der Waals surface area contributed by atoms with Crippen molar-refractivity contribution < 1.29 is 4.74 Å². The van der Waals surface area contributed by atoms with Crippen LogP contribution in [0, 0.1) is 0 Å². The maximum Gasteiger partial charge on any atom is 0.192 e. The van der Waals surface area contributed by atoms with E-state index in [0.717, 1.165) is 39.1 Å². The van der Waals surface area contributed by atoms with Gasteiger partial charge in [0.05, 0.1) is 13.7 Å². The largest absolute Gasteiger partial charge is 0.497 e. The standard InChI is InChI=1S/C23H20BrN3OS/c1-28-19-13-11-18(12-14-19)16-29-23-26-25-22(20-9-5-6-10-21(20)24)27(23)15-17-7-3-2-4-8-17/h2-14H,15-16H2,1H3. The minimum absolute atomic E-state index is 0.718. The van der Waals surface area contributed by atoms with E-state index in [4.69, 9.17) is 4.74 Å². The maximum absolute atomic E-state index is 5.24. The van der Waals surface area contributed by atoms with Gasteiger partial charge < -0.3 is 4.74 Å². The fourth-order valence-electron chi connectivity index (χ4n) is 3.02. The number of halogens is 1. The van der Waals surface area contributed by atoms with Crippen LogP contribution < -0.4 is 4.74 Å². The van der Waals surface area contributed by atoms with Gasteiger partial charge in [-0.1, -0.05) is 88.4 Å². The summed E-state index contributed by atoms with van der Waals surface area (Å²) < 4.78 is 8.44. The highest BCUT2D eigenvalue weighted by molar-refractivity contribution is 9.10. The highest BCUT2D eigenvalue weighted by atomic mass is 79.9. The van der Waals surface area contributed by atoms with E-state index >= 15 is 0 Å². The van der Waals surface area contributed by atoms with E-state index in [1.165, 1.54) is 11.1 Å². The molecule has 6 heteroatoms. The first kappa shape index (κ1) is 19.7. The van der Waals surface area contributed by atoms with Gasteiger partial charge in [-0.25, -0.2) is 0 Å². The Labute approximate surface area is 183 Å². The summed E-state index contributed by atoms with van der Waals surface area (Å²) in [6, 6.07) is 26.6. The Morgan fingerprint density at radius 2 is 1.59 bits per heavy atom. The minimum atomic E-state index is 0.718. The molecule has 0 N–H and O–H groups in total. The molecule has 0 fully saturated rings. The van der Waals surface area contributed by atoms with Crippen LogP contribution in [0.4, 0.5) is 0 Å². The molecule has 0 bridgehead atoms. The molecule has 0 amide bonds. The zero-order valence-electron chi connectivity index (χ0n) is 16.0. The topological polar surface area (TPSA) is 39.9 Å². The third kappa shape index (κ3) is 4.71. The molecule has 1 heterocycles. The predicted molar refractivity (Wildman–Crippen MR) is 121 cm³/mol. The van der Waals surface area contributed by atoms with Crippen molar-refractivity contribution in [1.82, 2.24) is 14.8 Å². The van der Waals surface area contributed by atoms with Crippen molar-refractivity contribution in [3.05, 3.63) is 94.5 Å². The zero-order valence-corrected chi connectivity index (χ0v) is 18.4. The molecule has 0 aliphatic carbocycles. The Bertz CT molecular complexity index is 1080. The van der Waals surface area contributed by atoms with Gasteiger partial charge in [0.1, 0.15) is 5.75 Å². The lowest BCUT2D eigenvalue weighted by Gasteiger charge is -2.11. The number of nitrogens with zero attached hydrogens (tertiary/aromatic N) is 3. The fraction of sp³-hybridized carbons (Fsp3) is 0.130. The second kappa shape index (κ2) is 9.29. The molecular weight excluding hydrogens is 446 g/mol. The molecule has 0 saturated heterocycles. The van der Waals surface area contributed by atoms with Gasteiger partial charge in [-0.3, -0.25) is 4.57 Å². The van der Waals surface area contributed by atoms with Crippen LogP contribution in [0.15, 0.2) is 88.5 Å². The number of benzene rings is 3. The van der Waals surface area contributed by atoms with Gasteiger partial charge in [-0.05, 0) is 29.3 Å². The van der Waals surface area contributed by atoms with E-state index in [1.54, 1.807) is 18.9 Å². The molecule has 4 nitrogen and oxygen atoms in total. The van der Waals surface area contributed by atoms with Gasteiger partial charge in [0.2, 0.25) is 0 Å². The number of ether oxygens (including phenoxy) is 1. The molecule has 0 atom stereocenters. The second-order valence-electron chi connectivity index (χ2n) is 6.49. The Morgan fingerprint density at radius 3 is 2.31 bits per heavy atom. The average Bonchev–Trinajstić information content (AvgIpc) is 3.16. The van der Waals surface area contributed by atoms with E-state index < -0.39 is 0 Å². The smallest absolute Gasteiger partial charge is 0.192 e. The van der Waals surface area contributed by atoms with E-state index in [0.29, 0.717) is 0 Å². The Kier molecular flexibility index (Phi) is 6.32. The van der Waals surface area contributed by atoms with Crippen LogP contribution in [-0.2, 0) is 12.3 Å². The highest BCUT2D eigenvalue weighted by Crippen LogP contribution is 2.31.